The van der Waals surface area contributed by atoms with Crippen molar-refractivity contribution < 1.29 is 9.63 Å². The summed E-state index contributed by atoms with van der Waals surface area (Å²) < 4.78 is 6.95. The van der Waals surface area contributed by atoms with Crippen molar-refractivity contribution in [3.63, 3.8) is 0 Å². The second-order valence-electron chi connectivity index (χ2n) is 5.78. The highest BCUT2D eigenvalue weighted by Crippen LogP contribution is 2.39. The molecule has 0 saturated heterocycles. The minimum Gasteiger partial charge on any atom is -0.508 e. The number of hydrogen-bond donors (Lipinski definition) is 1. The van der Waals surface area contributed by atoms with E-state index in [1.807, 2.05) is 26.8 Å². The molecular formula is C17H18N4O3. The lowest BCUT2D eigenvalue weighted by atomic mass is 9.95. The number of aryl methyl sites for hydroxylation is 4. The molecule has 2 aromatic heterocycles. The van der Waals surface area contributed by atoms with Gasteiger partial charge in [0, 0.05) is 18.2 Å². The highest BCUT2D eigenvalue weighted by molar-refractivity contribution is 5.86. The van der Waals surface area contributed by atoms with Crippen LogP contribution in [0.15, 0.2) is 27.9 Å². The molecule has 0 amide bonds. The number of benzene rings is 1. The summed E-state index contributed by atoms with van der Waals surface area (Å²) in [7, 11) is 1.78. The summed E-state index contributed by atoms with van der Waals surface area (Å²) in [5.74, 6) is 0.853. The summed E-state index contributed by atoms with van der Waals surface area (Å²) in [4.78, 5) is 10.9. The zero-order chi connectivity index (χ0) is 17.4. The van der Waals surface area contributed by atoms with Crippen LogP contribution in [0.25, 0.3) is 22.4 Å². The third-order valence-electron chi connectivity index (χ3n) is 4.13. The third kappa shape index (κ3) is 2.47. The van der Waals surface area contributed by atoms with Gasteiger partial charge in [-0.1, -0.05) is 10.3 Å². The van der Waals surface area contributed by atoms with Gasteiger partial charge in [-0.25, -0.2) is 0 Å². The Bertz CT molecular complexity index is 905. The molecule has 3 aromatic rings. The van der Waals surface area contributed by atoms with E-state index in [1.165, 1.54) is 0 Å². The summed E-state index contributed by atoms with van der Waals surface area (Å²) in [6.45, 7) is 5.58. The molecule has 1 N–H and O–H groups in total. The van der Waals surface area contributed by atoms with Crippen LogP contribution >= 0.6 is 0 Å². The second kappa shape index (κ2) is 5.92. The van der Waals surface area contributed by atoms with Crippen molar-refractivity contribution in [2.75, 3.05) is 0 Å². The first-order valence-corrected chi connectivity index (χ1v) is 7.52. The molecule has 0 unspecified atom stereocenters. The van der Waals surface area contributed by atoms with E-state index in [0.29, 0.717) is 17.1 Å². The molecule has 0 atom stereocenters. The lowest BCUT2D eigenvalue weighted by molar-refractivity contribution is 0.393. The van der Waals surface area contributed by atoms with Gasteiger partial charge in [-0.05, 0) is 44.5 Å². The quantitative estimate of drug-likeness (QED) is 0.739. The molecule has 0 radical (unpaired) electrons. The Morgan fingerprint density at radius 3 is 2.58 bits per heavy atom. The number of nitroso groups, excluding NO2 is 1. The van der Waals surface area contributed by atoms with Gasteiger partial charge in [-0.2, -0.15) is 10.0 Å². The fourth-order valence-electron chi connectivity index (χ4n) is 3.01. The molecule has 0 bridgehead atoms. The van der Waals surface area contributed by atoms with Crippen LogP contribution < -0.4 is 0 Å². The van der Waals surface area contributed by atoms with Crippen LogP contribution in [-0.2, 0) is 13.6 Å². The van der Waals surface area contributed by atoms with E-state index >= 15 is 0 Å². The van der Waals surface area contributed by atoms with E-state index in [4.69, 9.17) is 4.52 Å². The van der Waals surface area contributed by atoms with Crippen LogP contribution in [0.1, 0.15) is 22.7 Å². The maximum Gasteiger partial charge on any atom is 0.141 e. The number of phenolic OH excluding ortho intramolecular Hbond substituents is 1. The smallest absolute Gasteiger partial charge is 0.141 e. The largest absolute Gasteiger partial charge is 0.508 e. The lowest BCUT2D eigenvalue weighted by Gasteiger charge is -2.08. The van der Waals surface area contributed by atoms with Crippen molar-refractivity contribution in [2.24, 2.45) is 12.2 Å². The van der Waals surface area contributed by atoms with Crippen molar-refractivity contribution in [1.82, 2.24) is 14.9 Å². The zero-order valence-corrected chi connectivity index (χ0v) is 14.0. The van der Waals surface area contributed by atoms with Gasteiger partial charge in [0.05, 0.1) is 17.0 Å². The molecule has 7 heteroatoms. The topological polar surface area (TPSA) is 93.5 Å². The molecule has 1 aromatic carbocycles. The molecule has 0 fully saturated rings. The number of rotatable bonds is 4. The summed E-state index contributed by atoms with van der Waals surface area (Å²) in [5, 5.41) is 21.3. The second-order valence-corrected chi connectivity index (χ2v) is 5.78. The SMILES string of the molecule is Cc1cc(O)ccc1-c1nn(C)c(CN=O)c1-c1c(C)noc1C. The lowest BCUT2D eigenvalue weighted by Crippen LogP contribution is -1.98. The number of aromatic nitrogens is 3. The van der Waals surface area contributed by atoms with Crippen LogP contribution in [0.5, 0.6) is 5.75 Å². The summed E-state index contributed by atoms with van der Waals surface area (Å²) in [6, 6.07) is 5.11. The average molecular weight is 326 g/mol. The summed E-state index contributed by atoms with van der Waals surface area (Å²) >= 11 is 0. The monoisotopic (exact) mass is 326 g/mol. The molecule has 0 aliphatic carbocycles. The number of nitrogens with zero attached hydrogens (tertiary/aromatic N) is 4. The molecule has 124 valence electrons. The van der Waals surface area contributed by atoms with Crippen molar-refractivity contribution in [2.45, 2.75) is 27.3 Å². The molecular weight excluding hydrogens is 308 g/mol. The molecule has 0 saturated carbocycles. The number of hydrogen-bond acceptors (Lipinski definition) is 6. The summed E-state index contributed by atoms with van der Waals surface area (Å²) in [5.41, 5.74) is 5.50. The molecule has 7 nitrogen and oxygen atoms in total. The van der Waals surface area contributed by atoms with Crippen molar-refractivity contribution in [1.29, 1.82) is 0 Å². The van der Waals surface area contributed by atoms with Gasteiger partial charge in [0.2, 0.25) is 0 Å². The van der Waals surface area contributed by atoms with E-state index in [0.717, 1.165) is 27.9 Å². The number of phenols is 1. The zero-order valence-electron chi connectivity index (χ0n) is 14.0. The maximum atomic E-state index is 10.9. The van der Waals surface area contributed by atoms with Crippen LogP contribution in [-0.4, -0.2) is 20.0 Å². The van der Waals surface area contributed by atoms with Gasteiger partial charge in [-0.3, -0.25) is 4.68 Å². The normalized spacial score (nSPS) is 11.0. The molecule has 24 heavy (non-hydrogen) atoms. The van der Waals surface area contributed by atoms with E-state index in [2.05, 4.69) is 15.4 Å². The Hall–Kier alpha value is -2.96. The minimum atomic E-state index is 0.0000243. The van der Waals surface area contributed by atoms with Crippen molar-refractivity contribution in [3.05, 3.63) is 45.8 Å². The molecule has 3 rings (SSSR count). The third-order valence-corrected chi connectivity index (χ3v) is 4.13. The van der Waals surface area contributed by atoms with Crippen molar-refractivity contribution >= 4 is 0 Å². The molecule has 0 aliphatic heterocycles. The number of aromatic hydroxyl groups is 1. The highest BCUT2D eigenvalue weighted by Gasteiger charge is 2.25. The Labute approximate surface area is 138 Å². The summed E-state index contributed by atoms with van der Waals surface area (Å²) in [6.07, 6.45) is 0. The van der Waals surface area contributed by atoms with Gasteiger partial charge >= 0.3 is 0 Å². The average Bonchev–Trinajstić information content (AvgIpc) is 3.00. The van der Waals surface area contributed by atoms with E-state index in [1.54, 1.807) is 23.9 Å². The van der Waals surface area contributed by atoms with Crippen LogP contribution in [0.4, 0.5) is 0 Å². The Morgan fingerprint density at radius 1 is 1.25 bits per heavy atom. The predicted molar refractivity (Wildman–Crippen MR) is 89.5 cm³/mol. The highest BCUT2D eigenvalue weighted by atomic mass is 16.5. The van der Waals surface area contributed by atoms with Crippen molar-refractivity contribution in [3.8, 4) is 28.1 Å². The molecule has 2 heterocycles. The molecule has 0 aliphatic rings. The Kier molecular flexibility index (Phi) is 3.92. The van der Waals surface area contributed by atoms with E-state index < -0.39 is 0 Å². The van der Waals surface area contributed by atoms with Crippen LogP contribution in [0.3, 0.4) is 0 Å². The first kappa shape index (κ1) is 15.9. The van der Waals surface area contributed by atoms with E-state index in [9.17, 15) is 10.0 Å². The minimum absolute atomic E-state index is 0.0000243. The van der Waals surface area contributed by atoms with Gasteiger partial charge in [0.15, 0.2) is 0 Å². The molecule has 0 spiro atoms. The first-order chi connectivity index (χ1) is 11.4. The predicted octanol–water partition coefficient (Wildman–Crippen LogP) is 3.64. The fraction of sp³-hybridized carbons (Fsp3) is 0.294. The van der Waals surface area contributed by atoms with Gasteiger partial charge in [0.25, 0.3) is 0 Å². The van der Waals surface area contributed by atoms with Crippen LogP contribution in [0, 0.1) is 25.7 Å². The Balaban J connectivity index is 2.35. The standard InChI is InChI=1S/C17H18N4O3/c1-9-7-12(22)5-6-13(9)17-16(14(8-18-23)21(4)19-17)15-10(2)20-24-11(15)3/h5-7,22H,8H2,1-4H3. The fourth-order valence-corrected chi connectivity index (χ4v) is 3.01. The maximum absolute atomic E-state index is 10.9. The van der Waals surface area contributed by atoms with Crippen LogP contribution in [0.2, 0.25) is 0 Å². The van der Waals surface area contributed by atoms with E-state index in [-0.39, 0.29) is 12.3 Å². The Morgan fingerprint density at radius 2 is 2.00 bits per heavy atom. The van der Waals surface area contributed by atoms with Gasteiger partial charge in [-0.15, -0.1) is 0 Å². The first-order valence-electron chi connectivity index (χ1n) is 7.52. The van der Waals surface area contributed by atoms with Gasteiger partial charge in [0.1, 0.15) is 23.7 Å². The van der Waals surface area contributed by atoms with Gasteiger partial charge < -0.3 is 9.63 Å².